The van der Waals surface area contributed by atoms with Gasteiger partial charge in [-0.15, -0.1) is 16.5 Å². The zero-order valence-electron chi connectivity index (χ0n) is 30.0. The van der Waals surface area contributed by atoms with Crippen molar-refractivity contribution in [1.82, 2.24) is 15.0 Å². The Morgan fingerprint density at radius 1 is 0.811 bits per heavy atom. The summed E-state index contributed by atoms with van der Waals surface area (Å²) >= 11 is 0. The molecule has 5 aromatic carbocycles. The van der Waals surface area contributed by atoms with Crippen LogP contribution in [0.1, 0.15) is 60.3 Å². The van der Waals surface area contributed by atoms with Crippen LogP contribution in [0.5, 0.6) is 23.0 Å². The van der Waals surface area contributed by atoms with Crippen LogP contribution < -0.4 is 18.9 Å². The third kappa shape index (κ3) is 4.92. The molecule has 53 heavy (non-hydrogen) atoms. The van der Waals surface area contributed by atoms with E-state index in [0.29, 0.717) is 17.1 Å². The lowest BCUT2D eigenvalue weighted by Crippen LogP contribution is -2.35. The Morgan fingerprint density at radius 3 is 2.09 bits per heavy atom. The minimum Gasteiger partial charge on any atom is -0.497 e. The van der Waals surface area contributed by atoms with Gasteiger partial charge in [0.05, 0.1) is 21.3 Å². The quantitative estimate of drug-likeness (QED) is 0.145. The minimum atomic E-state index is -1.07. The molecule has 0 amide bonds. The molecule has 2 heterocycles. The van der Waals surface area contributed by atoms with Crippen molar-refractivity contribution in [3.63, 3.8) is 0 Å². The molecule has 2 aliphatic rings. The monoisotopic (exact) mass is 697 g/mol. The molecule has 0 saturated carbocycles. The van der Waals surface area contributed by atoms with Gasteiger partial charge in [-0.05, 0) is 83.0 Å². The van der Waals surface area contributed by atoms with Gasteiger partial charge in [-0.2, -0.15) is 10.2 Å². The highest BCUT2D eigenvalue weighted by Crippen LogP contribution is 2.61. The van der Waals surface area contributed by atoms with Gasteiger partial charge in [0, 0.05) is 33.1 Å². The molecule has 0 radical (unpaired) electrons. The van der Waals surface area contributed by atoms with Crippen LogP contribution >= 0.6 is 0 Å². The molecule has 0 saturated heterocycles. The van der Waals surface area contributed by atoms with Gasteiger partial charge in [0.2, 0.25) is 5.82 Å². The number of nitrogens with zero attached hydrogens (tertiary/aromatic N) is 5. The molecule has 6 aromatic rings. The van der Waals surface area contributed by atoms with E-state index in [2.05, 4.69) is 76.1 Å². The highest BCUT2D eigenvalue weighted by molar-refractivity contribution is 6.09. The van der Waals surface area contributed by atoms with Gasteiger partial charge in [-0.1, -0.05) is 68.5 Å². The molecule has 0 spiro atoms. The fourth-order valence-corrected chi connectivity index (χ4v) is 8.26. The highest BCUT2D eigenvalue weighted by atomic mass is 16.5. The molecular formula is C44H35N5O4. The van der Waals surface area contributed by atoms with Crippen LogP contribution in [-0.4, -0.2) is 36.3 Å². The number of methoxy groups -OCH3 is 3. The van der Waals surface area contributed by atoms with Gasteiger partial charge in [-0.3, -0.25) is 0 Å². The van der Waals surface area contributed by atoms with Crippen molar-refractivity contribution in [3.8, 4) is 51.6 Å². The molecule has 1 aliphatic carbocycles. The number of fused-ring (bicyclic) bond motifs is 8. The zero-order valence-corrected chi connectivity index (χ0v) is 30.0. The van der Waals surface area contributed by atoms with Gasteiger partial charge < -0.3 is 23.8 Å². The summed E-state index contributed by atoms with van der Waals surface area (Å²) in [6.07, 6.45) is 6.20. The van der Waals surface area contributed by atoms with E-state index in [1.165, 1.54) is 22.3 Å². The van der Waals surface area contributed by atoms with Crippen molar-refractivity contribution in [2.24, 2.45) is 0 Å². The Labute approximate surface area is 307 Å². The van der Waals surface area contributed by atoms with Gasteiger partial charge in [0.1, 0.15) is 11.5 Å². The van der Waals surface area contributed by atoms with E-state index < -0.39 is 5.60 Å². The average Bonchev–Trinajstić information content (AvgIpc) is 3.53. The predicted octanol–water partition coefficient (Wildman–Crippen LogP) is 9.58. The van der Waals surface area contributed by atoms with Crippen LogP contribution in [-0.2, 0) is 11.0 Å². The van der Waals surface area contributed by atoms with E-state index in [1.54, 1.807) is 21.3 Å². The summed E-state index contributed by atoms with van der Waals surface area (Å²) in [5.41, 5.74) is 7.11. The van der Waals surface area contributed by atoms with E-state index in [0.717, 1.165) is 51.8 Å². The van der Waals surface area contributed by atoms with Gasteiger partial charge in [0.15, 0.2) is 23.2 Å². The lowest BCUT2D eigenvalue weighted by molar-refractivity contribution is 0.163. The molecule has 1 aliphatic heterocycles. The Balaban J connectivity index is 1.41. The number of ether oxygens (including phenoxy) is 4. The molecule has 1 atom stereocenters. The first-order valence-electron chi connectivity index (χ1n) is 17.4. The SMILES string of the molecule is [C-]#[N+]c1nc(C#N)nc(-c2ccc(C3(c4ccc(OC)cc4)C=Cc4c5c(c6cc(OC)c(OC)cc6c4O3)-c3ccccc3C5(CC)CC)cc2)n1. The molecule has 260 valence electrons. The molecule has 1 unspecified atom stereocenters. The number of hydrogen-bond donors (Lipinski definition) is 0. The summed E-state index contributed by atoms with van der Waals surface area (Å²) in [4.78, 5) is 15.8. The predicted molar refractivity (Wildman–Crippen MR) is 204 cm³/mol. The summed E-state index contributed by atoms with van der Waals surface area (Å²) in [5, 5.41) is 11.4. The Bertz CT molecular complexity index is 2510. The van der Waals surface area contributed by atoms with Crippen LogP contribution in [0.15, 0.2) is 91.0 Å². The second-order valence-electron chi connectivity index (χ2n) is 13.1. The van der Waals surface area contributed by atoms with Crippen LogP contribution in [0.3, 0.4) is 0 Å². The maximum Gasteiger partial charge on any atom is 0.376 e. The Hall–Kier alpha value is -6.71. The lowest BCUT2D eigenvalue weighted by Gasteiger charge is -2.39. The summed E-state index contributed by atoms with van der Waals surface area (Å²) in [6, 6.07) is 30.4. The fourth-order valence-electron chi connectivity index (χ4n) is 8.26. The molecular weight excluding hydrogens is 663 g/mol. The number of hydrogen-bond acceptors (Lipinski definition) is 8. The van der Waals surface area contributed by atoms with Crippen LogP contribution in [0, 0.1) is 17.9 Å². The van der Waals surface area contributed by atoms with E-state index in [9.17, 15) is 5.26 Å². The number of benzene rings is 5. The topological polar surface area (TPSA) is 104 Å². The third-order valence-electron chi connectivity index (χ3n) is 10.9. The van der Waals surface area contributed by atoms with E-state index in [1.807, 2.05) is 60.7 Å². The first kappa shape index (κ1) is 33.4. The van der Waals surface area contributed by atoms with E-state index in [-0.39, 0.29) is 23.0 Å². The van der Waals surface area contributed by atoms with Crippen molar-refractivity contribution in [1.29, 1.82) is 5.26 Å². The van der Waals surface area contributed by atoms with E-state index >= 15 is 0 Å². The fraction of sp³-hybridized carbons (Fsp3) is 0.205. The standard InChI is InChI=1S/C44H35N5O4/c1-7-43(8-2)34-12-10-9-11-30(34)38-32-23-35(51-5)36(52-6)24-33(32)40-31(39(38)43)21-22-44(53-40,28-17-19-29(50-4)20-18-28)27-15-13-26(14-16-27)41-47-37(25-45)48-42(46-3)49-41/h9-24H,7-8H2,1-2,4-6H3. The maximum atomic E-state index is 9.48. The Kier molecular flexibility index (Phi) is 8.08. The smallest absolute Gasteiger partial charge is 0.376 e. The maximum absolute atomic E-state index is 9.48. The average molecular weight is 698 g/mol. The summed E-state index contributed by atoms with van der Waals surface area (Å²) in [7, 11) is 4.96. The number of rotatable bonds is 8. The van der Waals surface area contributed by atoms with Gasteiger partial charge >= 0.3 is 5.95 Å². The molecule has 8 rings (SSSR count). The molecule has 0 bridgehead atoms. The van der Waals surface area contributed by atoms with Crippen molar-refractivity contribution in [2.45, 2.75) is 37.7 Å². The molecule has 1 aromatic heterocycles. The van der Waals surface area contributed by atoms with Gasteiger partial charge in [-0.25, -0.2) is 0 Å². The largest absolute Gasteiger partial charge is 0.497 e. The summed E-state index contributed by atoms with van der Waals surface area (Å²) in [6.45, 7) is 11.9. The lowest BCUT2D eigenvalue weighted by atomic mass is 9.71. The van der Waals surface area contributed by atoms with Crippen LogP contribution in [0.2, 0.25) is 0 Å². The highest BCUT2D eigenvalue weighted by Gasteiger charge is 2.47. The Morgan fingerprint density at radius 2 is 1.47 bits per heavy atom. The number of aromatic nitrogens is 3. The van der Waals surface area contributed by atoms with Crippen molar-refractivity contribution < 1.29 is 18.9 Å². The first-order chi connectivity index (χ1) is 25.9. The van der Waals surface area contributed by atoms with Gasteiger partial charge in [0.25, 0.3) is 5.82 Å². The van der Waals surface area contributed by atoms with Crippen LogP contribution in [0.4, 0.5) is 5.95 Å². The van der Waals surface area contributed by atoms with Crippen molar-refractivity contribution in [2.75, 3.05) is 21.3 Å². The molecule has 0 N–H and O–H groups in total. The molecule has 9 nitrogen and oxygen atoms in total. The second-order valence-corrected chi connectivity index (χ2v) is 13.1. The van der Waals surface area contributed by atoms with Crippen molar-refractivity contribution in [3.05, 3.63) is 136 Å². The summed E-state index contributed by atoms with van der Waals surface area (Å²) < 4.78 is 24.8. The zero-order chi connectivity index (χ0) is 36.9. The number of nitriles is 1. The minimum absolute atomic E-state index is 0.112. The first-order valence-corrected chi connectivity index (χ1v) is 17.4. The normalized spacial score (nSPS) is 16.1. The molecule has 0 fully saturated rings. The van der Waals surface area contributed by atoms with Crippen molar-refractivity contribution >= 4 is 22.8 Å². The van der Waals surface area contributed by atoms with Crippen LogP contribution in [0.25, 0.3) is 44.2 Å². The second kappa shape index (κ2) is 12.8. The summed E-state index contributed by atoms with van der Waals surface area (Å²) in [5.74, 6) is 2.73. The third-order valence-corrected chi connectivity index (χ3v) is 10.9. The van der Waals surface area contributed by atoms with E-state index in [4.69, 9.17) is 25.5 Å². The molecule has 9 heteroatoms.